The number of carbonyl (C=O) groups is 1. The highest BCUT2D eigenvalue weighted by molar-refractivity contribution is 5.98. The number of nitro benzene ring substituents is 1. The number of amides is 1. The van der Waals surface area contributed by atoms with Crippen molar-refractivity contribution in [1.29, 1.82) is 0 Å². The fourth-order valence-corrected chi connectivity index (χ4v) is 6.06. The van der Waals surface area contributed by atoms with Gasteiger partial charge in [0.1, 0.15) is 5.75 Å². The maximum atomic E-state index is 13.1. The van der Waals surface area contributed by atoms with E-state index in [1.807, 2.05) is 0 Å². The average molecular weight is 446 g/mol. The molecule has 8 heteroatoms. The quantitative estimate of drug-likeness (QED) is 0.500. The van der Waals surface area contributed by atoms with Gasteiger partial charge in [-0.3, -0.25) is 19.8 Å². The molecule has 0 aromatic heterocycles. The molecule has 0 spiro atoms. The minimum absolute atomic E-state index is 0.0421. The number of hydrogen-bond donors (Lipinski definition) is 1. The molecule has 3 aliphatic rings. The van der Waals surface area contributed by atoms with Crippen molar-refractivity contribution in [3.63, 3.8) is 0 Å². The van der Waals surface area contributed by atoms with Crippen LogP contribution in [0.3, 0.4) is 0 Å². The molecule has 1 aromatic rings. The minimum atomic E-state index is -0.521. The molecule has 3 fully saturated rings. The van der Waals surface area contributed by atoms with Crippen molar-refractivity contribution in [1.82, 2.24) is 10.2 Å². The molecule has 1 heterocycles. The van der Waals surface area contributed by atoms with Crippen LogP contribution in [0.15, 0.2) is 12.1 Å². The van der Waals surface area contributed by atoms with E-state index in [0.717, 1.165) is 31.3 Å². The largest absolute Gasteiger partial charge is 0.496 e. The second-order valence-corrected chi connectivity index (χ2v) is 9.77. The Hall–Kier alpha value is -2.35. The Labute approximate surface area is 189 Å². The smallest absolute Gasteiger partial charge is 0.312 e. The predicted molar refractivity (Wildman–Crippen MR) is 121 cm³/mol. The van der Waals surface area contributed by atoms with Gasteiger partial charge < -0.3 is 14.8 Å². The van der Waals surface area contributed by atoms with E-state index in [4.69, 9.17) is 9.47 Å². The molecule has 1 N–H and O–H groups in total. The molecular weight excluding hydrogens is 410 g/mol. The third-order valence-corrected chi connectivity index (χ3v) is 7.33. The van der Waals surface area contributed by atoms with Gasteiger partial charge in [0.05, 0.1) is 23.7 Å². The molecule has 1 aromatic carbocycles. The van der Waals surface area contributed by atoms with Gasteiger partial charge in [-0.25, -0.2) is 0 Å². The number of carbonyl (C=O) groups excluding carboxylic acids is 1. The molecule has 2 aliphatic carbocycles. The molecule has 0 radical (unpaired) electrons. The van der Waals surface area contributed by atoms with E-state index in [9.17, 15) is 14.9 Å². The summed E-state index contributed by atoms with van der Waals surface area (Å²) in [7, 11) is 1.45. The highest BCUT2D eigenvalue weighted by atomic mass is 16.6. The molecule has 8 nitrogen and oxygen atoms in total. The van der Waals surface area contributed by atoms with Gasteiger partial charge in [-0.05, 0) is 57.8 Å². The SMILES string of the molecule is COc1cc(OC(C)C)c([N+](=O)[O-])cc1C(=O)N[C@H]1CCN(C2C3CCCC2CCC3)C1. The number of methoxy groups -OCH3 is 1. The zero-order valence-corrected chi connectivity index (χ0v) is 19.3. The molecule has 1 amide bonds. The van der Waals surface area contributed by atoms with Crippen LogP contribution < -0.4 is 14.8 Å². The van der Waals surface area contributed by atoms with Crippen molar-refractivity contribution in [3.05, 3.63) is 27.8 Å². The lowest BCUT2D eigenvalue weighted by Crippen LogP contribution is -2.50. The predicted octanol–water partition coefficient (Wildman–Crippen LogP) is 4.16. The van der Waals surface area contributed by atoms with Crippen LogP contribution in [0.1, 0.15) is 69.2 Å². The van der Waals surface area contributed by atoms with Gasteiger partial charge in [-0.2, -0.15) is 0 Å². The van der Waals surface area contributed by atoms with Gasteiger partial charge in [-0.15, -0.1) is 0 Å². The van der Waals surface area contributed by atoms with Crippen molar-refractivity contribution in [2.24, 2.45) is 11.8 Å². The molecule has 1 saturated heterocycles. The number of hydrogen-bond acceptors (Lipinski definition) is 6. The molecular formula is C24H35N3O5. The monoisotopic (exact) mass is 445 g/mol. The Morgan fingerprint density at radius 1 is 1.12 bits per heavy atom. The number of nitrogens with zero attached hydrogens (tertiary/aromatic N) is 2. The molecule has 32 heavy (non-hydrogen) atoms. The van der Waals surface area contributed by atoms with Crippen LogP contribution in [0.25, 0.3) is 0 Å². The van der Waals surface area contributed by atoms with Crippen molar-refractivity contribution >= 4 is 11.6 Å². The highest BCUT2D eigenvalue weighted by Gasteiger charge is 2.42. The topological polar surface area (TPSA) is 93.9 Å². The van der Waals surface area contributed by atoms with E-state index in [2.05, 4.69) is 10.2 Å². The van der Waals surface area contributed by atoms with E-state index >= 15 is 0 Å². The van der Waals surface area contributed by atoms with Gasteiger partial charge in [0.25, 0.3) is 5.91 Å². The van der Waals surface area contributed by atoms with Crippen LogP contribution in [0.5, 0.6) is 11.5 Å². The summed E-state index contributed by atoms with van der Waals surface area (Å²) in [6.07, 6.45) is 8.72. The van der Waals surface area contributed by atoms with Crippen molar-refractivity contribution in [3.8, 4) is 11.5 Å². The maximum absolute atomic E-state index is 13.1. The maximum Gasteiger partial charge on any atom is 0.312 e. The van der Waals surface area contributed by atoms with Gasteiger partial charge in [-0.1, -0.05) is 12.8 Å². The Morgan fingerprint density at radius 2 is 1.78 bits per heavy atom. The summed E-state index contributed by atoms with van der Waals surface area (Å²) in [4.78, 5) is 26.8. The number of rotatable bonds is 7. The van der Waals surface area contributed by atoms with E-state index < -0.39 is 4.92 Å². The molecule has 1 aliphatic heterocycles. The van der Waals surface area contributed by atoms with Crippen LogP contribution in [0.2, 0.25) is 0 Å². The summed E-state index contributed by atoms with van der Waals surface area (Å²) in [6, 6.07) is 3.41. The van der Waals surface area contributed by atoms with Gasteiger partial charge in [0.15, 0.2) is 0 Å². The lowest BCUT2D eigenvalue weighted by atomic mass is 9.68. The van der Waals surface area contributed by atoms with E-state index in [-0.39, 0.29) is 40.8 Å². The Balaban J connectivity index is 1.47. The minimum Gasteiger partial charge on any atom is -0.496 e. The molecule has 0 unspecified atom stereocenters. The molecule has 4 rings (SSSR count). The molecule has 176 valence electrons. The van der Waals surface area contributed by atoms with Crippen molar-refractivity contribution in [2.75, 3.05) is 20.2 Å². The number of nitro groups is 1. The van der Waals surface area contributed by atoms with E-state index in [1.165, 1.54) is 57.8 Å². The summed E-state index contributed by atoms with van der Waals surface area (Å²) < 4.78 is 11.0. The van der Waals surface area contributed by atoms with Gasteiger partial charge >= 0.3 is 5.69 Å². The molecule has 2 saturated carbocycles. The van der Waals surface area contributed by atoms with Gasteiger partial charge in [0, 0.05) is 37.3 Å². The molecule has 1 atom stereocenters. The first-order valence-electron chi connectivity index (χ1n) is 11.9. The van der Waals surface area contributed by atoms with E-state index in [1.54, 1.807) is 13.8 Å². The lowest BCUT2D eigenvalue weighted by molar-refractivity contribution is -0.386. The van der Waals surface area contributed by atoms with Crippen LogP contribution in [0.4, 0.5) is 5.69 Å². The Bertz CT molecular complexity index is 836. The Morgan fingerprint density at radius 3 is 2.34 bits per heavy atom. The number of ether oxygens (including phenoxy) is 2. The summed E-state index contributed by atoms with van der Waals surface area (Å²) in [5, 5.41) is 14.7. The van der Waals surface area contributed by atoms with Crippen LogP contribution in [-0.2, 0) is 0 Å². The number of likely N-dealkylation sites (tertiary alicyclic amines) is 1. The summed E-state index contributed by atoms with van der Waals surface area (Å²) >= 11 is 0. The Kier molecular flexibility index (Phi) is 6.88. The third-order valence-electron chi connectivity index (χ3n) is 7.33. The van der Waals surface area contributed by atoms with Crippen LogP contribution in [0, 0.1) is 22.0 Å². The highest BCUT2D eigenvalue weighted by Crippen LogP contribution is 2.43. The fraction of sp³-hybridized carbons (Fsp3) is 0.708. The average Bonchev–Trinajstić information content (AvgIpc) is 3.20. The zero-order valence-electron chi connectivity index (χ0n) is 19.3. The number of benzene rings is 1. The summed E-state index contributed by atoms with van der Waals surface area (Å²) in [6.45, 7) is 5.44. The lowest BCUT2D eigenvalue weighted by Gasteiger charge is -2.47. The first-order chi connectivity index (χ1) is 15.4. The second kappa shape index (κ2) is 9.65. The van der Waals surface area contributed by atoms with Crippen molar-refractivity contribution in [2.45, 2.75) is 77.0 Å². The van der Waals surface area contributed by atoms with E-state index in [0.29, 0.717) is 6.04 Å². The third kappa shape index (κ3) is 4.70. The van der Waals surface area contributed by atoms with Crippen LogP contribution >= 0.6 is 0 Å². The number of nitrogens with one attached hydrogen (secondary N) is 1. The van der Waals surface area contributed by atoms with Crippen LogP contribution in [-0.4, -0.2) is 54.1 Å². The first-order valence-corrected chi connectivity index (χ1v) is 11.9. The summed E-state index contributed by atoms with van der Waals surface area (Å²) in [5.41, 5.74) is -0.0592. The normalized spacial score (nSPS) is 27.9. The zero-order chi connectivity index (χ0) is 22.8. The standard InChI is InChI=1S/C24H35N3O5/c1-15(2)32-22-13-21(31-3)19(12-20(22)27(29)30)24(28)25-18-10-11-26(14-18)23-16-6-4-7-17(23)9-5-8-16/h12-13,15-18,23H,4-11,14H2,1-3H3,(H,25,28)/t16?,17?,18-,23?/m0/s1. The fourth-order valence-electron chi connectivity index (χ4n) is 6.06. The first kappa shape index (κ1) is 22.8. The summed E-state index contributed by atoms with van der Waals surface area (Å²) in [5.74, 6) is 1.65. The second-order valence-electron chi connectivity index (χ2n) is 9.77. The molecule has 2 bridgehead atoms. The number of fused-ring (bicyclic) bond motifs is 2. The van der Waals surface area contributed by atoms with Crippen molar-refractivity contribution < 1.29 is 19.2 Å². The van der Waals surface area contributed by atoms with Gasteiger partial charge in [0.2, 0.25) is 5.75 Å².